The normalized spacial score (nSPS) is 11.0. The summed E-state index contributed by atoms with van der Waals surface area (Å²) in [4.78, 5) is 17.8. The van der Waals surface area contributed by atoms with Crippen LogP contribution in [0.25, 0.3) is 21.8 Å². The SMILES string of the molecule is c1ccc2nc(Sc3ncc4ccccc4n3)ncc2c1. The molecule has 0 aliphatic carbocycles. The van der Waals surface area contributed by atoms with Crippen molar-refractivity contribution in [3.05, 3.63) is 60.9 Å². The number of para-hydroxylation sites is 2. The van der Waals surface area contributed by atoms with E-state index in [0.29, 0.717) is 10.3 Å². The highest BCUT2D eigenvalue weighted by Crippen LogP contribution is 2.24. The molecule has 0 aliphatic heterocycles. The van der Waals surface area contributed by atoms with Crippen LogP contribution >= 0.6 is 11.8 Å². The Bertz CT molecular complexity index is 862. The predicted molar refractivity (Wildman–Crippen MR) is 83.2 cm³/mol. The third kappa shape index (κ3) is 2.43. The van der Waals surface area contributed by atoms with Gasteiger partial charge in [0.15, 0.2) is 10.3 Å². The summed E-state index contributed by atoms with van der Waals surface area (Å²) in [7, 11) is 0. The Hall–Kier alpha value is -2.53. The molecule has 0 atom stereocenters. The molecule has 21 heavy (non-hydrogen) atoms. The van der Waals surface area contributed by atoms with Gasteiger partial charge in [0.05, 0.1) is 11.0 Å². The molecule has 100 valence electrons. The molecule has 0 saturated heterocycles. The van der Waals surface area contributed by atoms with Crippen LogP contribution in [-0.2, 0) is 0 Å². The molecule has 4 rings (SSSR count). The first-order valence-corrected chi connectivity index (χ1v) is 7.31. The van der Waals surface area contributed by atoms with Gasteiger partial charge >= 0.3 is 0 Å². The van der Waals surface area contributed by atoms with E-state index in [-0.39, 0.29) is 0 Å². The first-order chi connectivity index (χ1) is 10.4. The molecule has 5 heteroatoms. The molecule has 0 bridgehead atoms. The summed E-state index contributed by atoms with van der Waals surface area (Å²) < 4.78 is 0. The lowest BCUT2D eigenvalue weighted by Gasteiger charge is -2.02. The molecular weight excluding hydrogens is 280 g/mol. The average Bonchev–Trinajstić information content (AvgIpc) is 2.55. The standard InChI is InChI=1S/C16H10N4S/c1-3-7-13-11(5-1)9-17-15(19-13)21-16-18-10-12-6-2-4-8-14(12)20-16/h1-10H. The molecular formula is C16H10N4S. The lowest BCUT2D eigenvalue weighted by atomic mass is 10.2. The molecule has 2 aromatic carbocycles. The Balaban J connectivity index is 1.71. The molecule has 4 nitrogen and oxygen atoms in total. The molecule has 0 N–H and O–H groups in total. The zero-order chi connectivity index (χ0) is 14.1. The maximum Gasteiger partial charge on any atom is 0.195 e. The summed E-state index contributed by atoms with van der Waals surface area (Å²) in [6.07, 6.45) is 3.65. The van der Waals surface area contributed by atoms with Crippen molar-refractivity contribution in [1.29, 1.82) is 0 Å². The number of rotatable bonds is 2. The van der Waals surface area contributed by atoms with E-state index in [1.54, 1.807) is 0 Å². The highest BCUT2D eigenvalue weighted by Gasteiger charge is 2.06. The quantitative estimate of drug-likeness (QED) is 0.527. The van der Waals surface area contributed by atoms with Crippen LogP contribution in [0.15, 0.2) is 71.2 Å². The second-order valence-electron chi connectivity index (χ2n) is 4.52. The van der Waals surface area contributed by atoms with Crippen molar-refractivity contribution < 1.29 is 0 Å². The van der Waals surface area contributed by atoms with Crippen molar-refractivity contribution >= 4 is 33.6 Å². The van der Waals surface area contributed by atoms with Crippen LogP contribution in [0.2, 0.25) is 0 Å². The highest BCUT2D eigenvalue weighted by atomic mass is 32.2. The maximum absolute atomic E-state index is 4.52. The van der Waals surface area contributed by atoms with Gasteiger partial charge in [-0.15, -0.1) is 0 Å². The van der Waals surface area contributed by atoms with E-state index in [2.05, 4.69) is 19.9 Å². The third-order valence-electron chi connectivity index (χ3n) is 3.12. The Morgan fingerprint density at radius 3 is 1.62 bits per heavy atom. The van der Waals surface area contributed by atoms with E-state index in [1.807, 2.05) is 60.9 Å². The van der Waals surface area contributed by atoms with Gasteiger partial charge in [0.25, 0.3) is 0 Å². The number of benzene rings is 2. The van der Waals surface area contributed by atoms with E-state index in [9.17, 15) is 0 Å². The molecule has 0 unspecified atom stereocenters. The van der Waals surface area contributed by atoms with Crippen molar-refractivity contribution in [3.8, 4) is 0 Å². The number of nitrogens with zero attached hydrogens (tertiary/aromatic N) is 4. The van der Waals surface area contributed by atoms with Gasteiger partial charge < -0.3 is 0 Å². The minimum absolute atomic E-state index is 0.656. The Kier molecular flexibility index (Phi) is 2.97. The van der Waals surface area contributed by atoms with Gasteiger partial charge in [-0.25, -0.2) is 19.9 Å². The zero-order valence-electron chi connectivity index (χ0n) is 11.0. The third-order valence-corrected chi connectivity index (χ3v) is 3.87. The minimum atomic E-state index is 0.656. The lowest BCUT2D eigenvalue weighted by molar-refractivity contribution is 0.960. The van der Waals surface area contributed by atoms with Crippen LogP contribution in [0, 0.1) is 0 Å². The molecule has 0 radical (unpaired) electrons. The van der Waals surface area contributed by atoms with Gasteiger partial charge in [-0.1, -0.05) is 36.4 Å². The smallest absolute Gasteiger partial charge is 0.195 e. The topological polar surface area (TPSA) is 51.6 Å². The average molecular weight is 290 g/mol. The molecule has 0 saturated carbocycles. The van der Waals surface area contributed by atoms with E-state index in [1.165, 1.54) is 11.8 Å². The Morgan fingerprint density at radius 1 is 0.619 bits per heavy atom. The molecule has 2 aromatic heterocycles. The maximum atomic E-state index is 4.52. The Labute approximate surface area is 125 Å². The van der Waals surface area contributed by atoms with Gasteiger partial charge in [-0.2, -0.15) is 0 Å². The molecule has 0 fully saturated rings. The van der Waals surface area contributed by atoms with E-state index in [4.69, 9.17) is 0 Å². The summed E-state index contributed by atoms with van der Waals surface area (Å²) in [6.45, 7) is 0. The van der Waals surface area contributed by atoms with Crippen LogP contribution in [0.5, 0.6) is 0 Å². The molecule has 0 spiro atoms. The van der Waals surface area contributed by atoms with Crippen LogP contribution in [-0.4, -0.2) is 19.9 Å². The van der Waals surface area contributed by atoms with Gasteiger partial charge in [0.1, 0.15) is 0 Å². The fourth-order valence-corrected chi connectivity index (χ4v) is 2.75. The number of hydrogen-bond donors (Lipinski definition) is 0. The number of fused-ring (bicyclic) bond motifs is 2. The van der Waals surface area contributed by atoms with Crippen molar-refractivity contribution in [2.24, 2.45) is 0 Å². The second-order valence-corrected chi connectivity index (χ2v) is 5.46. The van der Waals surface area contributed by atoms with E-state index >= 15 is 0 Å². The van der Waals surface area contributed by atoms with E-state index in [0.717, 1.165) is 21.8 Å². The van der Waals surface area contributed by atoms with Crippen LogP contribution in [0.1, 0.15) is 0 Å². The van der Waals surface area contributed by atoms with Gasteiger partial charge in [-0.05, 0) is 23.9 Å². The second kappa shape index (κ2) is 5.10. The predicted octanol–water partition coefficient (Wildman–Crippen LogP) is 3.72. The fraction of sp³-hybridized carbons (Fsp3) is 0. The number of aromatic nitrogens is 4. The van der Waals surface area contributed by atoms with Crippen molar-refractivity contribution in [3.63, 3.8) is 0 Å². The van der Waals surface area contributed by atoms with Crippen molar-refractivity contribution in [1.82, 2.24) is 19.9 Å². The molecule has 2 heterocycles. The first-order valence-electron chi connectivity index (χ1n) is 6.50. The first kappa shape index (κ1) is 12.2. The molecule has 0 aliphatic rings. The molecule has 4 aromatic rings. The van der Waals surface area contributed by atoms with Crippen LogP contribution in [0.3, 0.4) is 0 Å². The van der Waals surface area contributed by atoms with Gasteiger partial charge in [0.2, 0.25) is 0 Å². The summed E-state index contributed by atoms with van der Waals surface area (Å²) in [5.41, 5.74) is 1.85. The largest absolute Gasteiger partial charge is 0.230 e. The zero-order valence-corrected chi connectivity index (χ0v) is 11.8. The monoisotopic (exact) mass is 290 g/mol. The summed E-state index contributed by atoms with van der Waals surface area (Å²) >= 11 is 1.37. The number of hydrogen-bond acceptors (Lipinski definition) is 5. The van der Waals surface area contributed by atoms with Crippen molar-refractivity contribution in [2.45, 2.75) is 10.3 Å². The summed E-state index contributed by atoms with van der Waals surface area (Å²) in [6, 6.07) is 15.8. The Morgan fingerprint density at radius 2 is 1.10 bits per heavy atom. The highest BCUT2D eigenvalue weighted by molar-refractivity contribution is 7.99. The summed E-state index contributed by atoms with van der Waals surface area (Å²) in [5, 5.41) is 3.37. The lowest BCUT2D eigenvalue weighted by Crippen LogP contribution is -1.91. The fourth-order valence-electron chi connectivity index (χ4n) is 2.09. The van der Waals surface area contributed by atoms with E-state index < -0.39 is 0 Å². The minimum Gasteiger partial charge on any atom is -0.230 e. The van der Waals surface area contributed by atoms with Crippen LogP contribution in [0.4, 0.5) is 0 Å². The van der Waals surface area contributed by atoms with Gasteiger partial charge in [0, 0.05) is 23.2 Å². The summed E-state index contributed by atoms with van der Waals surface area (Å²) in [5.74, 6) is 0. The van der Waals surface area contributed by atoms with Crippen LogP contribution < -0.4 is 0 Å². The molecule has 0 amide bonds. The van der Waals surface area contributed by atoms with Crippen molar-refractivity contribution in [2.75, 3.05) is 0 Å². The van der Waals surface area contributed by atoms with Gasteiger partial charge in [-0.3, -0.25) is 0 Å².